The fourth-order valence-corrected chi connectivity index (χ4v) is 1.72. The van der Waals surface area contributed by atoms with E-state index in [0.717, 1.165) is 5.69 Å². The molecule has 0 bridgehead atoms. The Bertz CT molecular complexity index is 564. The molecule has 0 saturated heterocycles. The highest BCUT2D eigenvalue weighted by atomic mass is 16.5. The zero-order valence-corrected chi connectivity index (χ0v) is 11.4. The van der Waals surface area contributed by atoms with Crippen LogP contribution in [0.25, 0.3) is 6.08 Å². The Morgan fingerprint density at radius 3 is 2.53 bits per heavy atom. The van der Waals surface area contributed by atoms with E-state index in [2.05, 4.69) is 28.2 Å². The van der Waals surface area contributed by atoms with Gasteiger partial charge in [-0.1, -0.05) is 24.3 Å². The van der Waals surface area contributed by atoms with Crippen molar-refractivity contribution in [2.24, 2.45) is 0 Å². The molecule has 0 aliphatic carbocycles. The van der Waals surface area contributed by atoms with Crippen LogP contribution in [0.4, 0.5) is 11.6 Å². The number of benzene rings is 1. The van der Waals surface area contributed by atoms with Crippen LogP contribution < -0.4 is 9.64 Å². The van der Waals surface area contributed by atoms with E-state index in [1.54, 1.807) is 19.4 Å². The van der Waals surface area contributed by atoms with Gasteiger partial charge in [-0.3, -0.25) is 0 Å². The fourth-order valence-electron chi connectivity index (χ4n) is 1.72. The SMILES string of the molecule is C/C=C/c1ccc(N(C)c2nccc(OC)n2)cc1. The Hall–Kier alpha value is -2.36. The first-order chi connectivity index (χ1) is 9.24. The predicted molar refractivity (Wildman–Crippen MR) is 77.8 cm³/mol. The Balaban J connectivity index is 2.24. The molecule has 0 radical (unpaired) electrons. The Labute approximate surface area is 113 Å². The Morgan fingerprint density at radius 1 is 1.16 bits per heavy atom. The summed E-state index contributed by atoms with van der Waals surface area (Å²) in [6.45, 7) is 2.00. The molecule has 0 aliphatic rings. The van der Waals surface area contributed by atoms with E-state index in [0.29, 0.717) is 11.8 Å². The summed E-state index contributed by atoms with van der Waals surface area (Å²) in [5, 5.41) is 0. The summed E-state index contributed by atoms with van der Waals surface area (Å²) in [6, 6.07) is 9.93. The highest BCUT2D eigenvalue weighted by molar-refractivity contribution is 5.60. The van der Waals surface area contributed by atoms with Crippen LogP contribution in [0.3, 0.4) is 0 Å². The summed E-state index contributed by atoms with van der Waals surface area (Å²) in [5.41, 5.74) is 2.20. The lowest BCUT2D eigenvalue weighted by Crippen LogP contribution is -2.13. The molecule has 0 atom stereocenters. The van der Waals surface area contributed by atoms with Gasteiger partial charge in [-0.2, -0.15) is 4.98 Å². The lowest BCUT2D eigenvalue weighted by atomic mass is 10.2. The lowest BCUT2D eigenvalue weighted by molar-refractivity contribution is 0.397. The summed E-state index contributed by atoms with van der Waals surface area (Å²) in [6.07, 6.45) is 5.77. The molecule has 2 aromatic rings. The number of hydrogen-bond acceptors (Lipinski definition) is 4. The smallest absolute Gasteiger partial charge is 0.232 e. The maximum absolute atomic E-state index is 5.11. The second-order valence-corrected chi connectivity index (χ2v) is 4.05. The van der Waals surface area contributed by atoms with Crippen LogP contribution in [-0.4, -0.2) is 24.1 Å². The summed E-state index contributed by atoms with van der Waals surface area (Å²) in [4.78, 5) is 10.5. The number of ether oxygens (including phenoxy) is 1. The number of methoxy groups -OCH3 is 1. The van der Waals surface area contributed by atoms with Gasteiger partial charge in [0, 0.05) is 25.0 Å². The summed E-state index contributed by atoms with van der Waals surface area (Å²) in [7, 11) is 3.53. The van der Waals surface area contributed by atoms with Crippen molar-refractivity contribution in [3.8, 4) is 5.88 Å². The third kappa shape index (κ3) is 3.10. The molecule has 4 nitrogen and oxygen atoms in total. The number of aromatic nitrogens is 2. The molecule has 1 heterocycles. The average Bonchev–Trinajstić information content (AvgIpc) is 2.48. The first kappa shape index (κ1) is 13.1. The van der Waals surface area contributed by atoms with Crippen molar-refractivity contribution in [2.45, 2.75) is 6.92 Å². The Morgan fingerprint density at radius 2 is 1.89 bits per heavy atom. The van der Waals surface area contributed by atoms with Crippen molar-refractivity contribution in [1.82, 2.24) is 9.97 Å². The molecule has 98 valence electrons. The van der Waals surface area contributed by atoms with E-state index in [9.17, 15) is 0 Å². The average molecular weight is 255 g/mol. The molecule has 0 saturated carbocycles. The van der Waals surface area contributed by atoms with Crippen LogP contribution in [-0.2, 0) is 0 Å². The van der Waals surface area contributed by atoms with Crippen molar-refractivity contribution in [1.29, 1.82) is 0 Å². The van der Waals surface area contributed by atoms with Gasteiger partial charge in [-0.15, -0.1) is 0 Å². The highest BCUT2D eigenvalue weighted by Crippen LogP contribution is 2.22. The highest BCUT2D eigenvalue weighted by Gasteiger charge is 2.07. The molecule has 2 rings (SSSR count). The van der Waals surface area contributed by atoms with Crippen LogP contribution in [0.15, 0.2) is 42.6 Å². The minimum absolute atomic E-state index is 0.558. The van der Waals surface area contributed by atoms with Gasteiger partial charge in [0.15, 0.2) is 0 Å². The van der Waals surface area contributed by atoms with Gasteiger partial charge in [0.25, 0.3) is 0 Å². The minimum atomic E-state index is 0.558. The third-order valence-corrected chi connectivity index (χ3v) is 2.77. The zero-order chi connectivity index (χ0) is 13.7. The molecule has 0 N–H and O–H groups in total. The van der Waals surface area contributed by atoms with Gasteiger partial charge in [0.2, 0.25) is 11.8 Å². The molecule has 0 unspecified atom stereocenters. The molecular formula is C15H17N3O. The van der Waals surface area contributed by atoms with E-state index >= 15 is 0 Å². The number of rotatable bonds is 4. The van der Waals surface area contributed by atoms with E-state index in [4.69, 9.17) is 4.74 Å². The Kier molecular flexibility index (Phi) is 4.13. The standard InChI is InChI=1S/C15H17N3O/c1-4-5-12-6-8-13(9-7-12)18(2)15-16-11-10-14(17-15)19-3/h4-11H,1-3H3/b5-4+. The van der Waals surface area contributed by atoms with Crippen molar-refractivity contribution in [3.05, 3.63) is 48.2 Å². The summed E-state index contributed by atoms with van der Waals surface area (Å²) < 4.78 is 5.11. The maximum Gasteiger partial charge on any atom is 0.232 e. The van der Waals surface area contributed by atoms with Gasteiger partial charge in [-0.25, -0.2) is 4.98 Å². The normalized spacial score (nSPS) is 10.7. The van der Waals surface area contributed by atoms with E-state index < -0.39 is 0 Å². The van der Waals surface area contributed by atoms with Gasteiger partial charge in [-0.05, 0) is 24.6 Å². The lowest BCUT2D eigenvalue weighted by Gasteiger charge is -2.17. The van der Waals surface area contributed by atoms with Crippen molar-refractivity contribution < 1.29 is 4.74 Å². The van der Waals surface area contributed by atoms with Crippen LogP contribution in [0.2, 0.25) is 0 Å². The molecular weight excluding hydrogens is 238 g/mol. The molecule has 0 fully saturated rings. The van der Waals surface area contributed by atoms with E-state index in [1.165, 1.54) is 5.56 Å². The molecule has 4 heteroatoms. The van der Waals surface area contributed by atoms with Crippen molar-refractivity contribution in [2.75, 3.05) is 19.1 Å². The number of hydrogen-bond donors (Lipinski definition) is 0. The van der Waals surface area contributed by atoms with Crippen LogP contribution >= 0.6 is 0 Å². The van der Waals surface area contributed by atoms with Gasteiger partial charge >= 0.3 is 0 Å². The minimum Gasteiger partial charge on any atom is -0.481 e. The molecule has 1 aromatic heterocycles. The van der Waals surface area contributed by atoms with Crippen LogP contribution in [0.1, 0.15) is 12.5 Å². The largest absolute Gasteiger partial charge is 0.481 e. The van der Waals surface area contributed by atoms with E-state index in [1.807, 2.05) is 37.1 Å². The quantitative estimate of drug-likeness (QED) is 0.840. The van der Waals surface area contributed by atoms with Gasteiger partial charge < -0.3 is 9.64 Å². The van der Waals surface area contributed by atoms with E-state index in [-0.39, 0.29) is 0 Å². The summed E-state index contributed by atoms with van der Waals surface area (Å²) >= 11 is 0. The molecule has 19 heavy (non-hydrogen) atoms. The predicted octanol–water partition coefficient (Wildman–Crippen LogP) is 3.29. The fraction of sp³-hybridized carbons (Fsp3) is 0.200. The monoisotopic (exact) mass is 255 g/mol. The number of anilines is 2. The molecule has 0 spiro atoms. The molecule has 0 aliphatic heterocycles. The molecule has 1 aromatic carbocycles. The topological polar surface area (TPSA) is 38.2 Å². The van der Waals surface area contributed by atoms with Crippen molar-refractivity contribution in [3.63, 3.8) is 0 Å². The molecule has 0 amide bonds. The van der Waals surface area contributed by atoms with Crippen LogP contribution in [0.5, 0.6) is 5.88 Å². The van der Waals surface area contributed by atoms with Gasteiger partial charge in [0.1, 0.15) is 0 Å². The second kappa shape index (κ2) is 6.00. The third-order valence-electron chi connectivity index (χ3n) is 2.77. The first-order valence-corrected chi connectivity index (χ1v) is 6.08. The van der Waals surface area contributed by atoms with Crippen molar-refractivity contribution >= 4 is 17.7 Å². The van der Waals surface area contributed by atoms with Crippen LogP contribution in [0, 0.1) is 0 Å². The maximum atomic E-state index is 5.11. The number of nitrogens with zero attached hydrogens (tertiary/aromatic N) is 3. The summed E-state index contributed by atoms with van der Waals surface area (Å²) in [5.74, 6) is 1.17. The second-order valence-electron chi connectivity index (χ2n) is 4.05. The zero-order valence-electron chi connectivity index (χ0n) is 11.4. The van der Waals surface area contributed by atoms with Gasteiger partial charge in [0.05, 0.1) is 7.11 Å². The first-order valence-electron chi connectivity index (χ1n) is 6.08. The number of allylic oxidation sites excluding steroid dienone is 1.